The molecule has 2 N–H and O–H groups in total. The number of rotatable bonds is 5. The first-order chi connectivity index (χ1) is 11.5. The van der Waals surface area contributed by atoms with Crippen molar-refractivity contribution in [2.75, 3.05) is 14.2 Å². The zero-order valence-electron chi connectivity index (χ0n) is 14.2. The molecule has 126 valence electrons. The van der Waals surface area contributed by atoms with Gasteiger partial charge in [0.15, 0.2) is 11.5 Å². The lowest BCUT2D eigenvalue weighted by Crippen LogP contribution is -2.20. The van der Waals surface area contributed by atoms with E-state index >= 15 is 0 Å². The molecule has 0 aliphatic rings. The van der Waals surface area contributed by atoms with Crippen molar-refractivity contribution in [3.63, 3.8) is 0 Å². The third kappa shape index (κ3) is 2.78. The van der Waals surface area contributed by atoms with E-state index in [0.29, 0.717) is 17.2 Å². The average molecular weight is 327 g/mol. The third-order valence-corrected chi connectivity index (χ3v) is 3.99. The van der Waals surface area contributed by atoms with Crippen molar-refractivity contribution in [3.8, 4) is 22.8 Å². The van der Waals surface area contributed by atoms with Crippen molar-refractivity contribution in [2.45, 2.75) is 19.9 Å². The standard InChI is InChI=1S/C17H21N5O2/c1-10(2)16(18)17-20-19-15-8-6-13(21-22(15)17)12-9-11(23-3)5-7-14(12)24-4/h5-10,16H,18H2,1-4H3/t16-/m1/s1. The second-order valence-corrected chi connectivity index (χ2v) is 5.88. The number of hydrogen-bond acceptors (Lipinski definition) is 6. The van der Waals surface area contributed by atoms with Gasteiger partial charge in [-0.3, -0.25) is 0 Å². The van der Waals surface area contributed by atoms with Gasteiger partial charge >= 0.3 is 0 Å². The average Bonchev–Trinajstić information content (AvgIpc) is 3.03. The number of aromatic nitrogens is 4. The first-order valence-corrected chi connectivity index (χ1v) is 7.75. The molecule has 0 bridgehead atoms. The minimum absolute atomic E-state index is 0.231. The van der Waals surface area contributed by atoms with Crippen molar-refractivity contribution in [2.24, 2.45) is 11.7 Å². The van der Waals surface area contributed by atoms with Gasteiger partial charge in [-0.1, -0.05) is 13.8 Å². The van der Waals surface area contributed by atoms with Crippen LogP contribution in [0.15, 0.2) is 30.3 Å². The van der Waals surface area contributed by atoms with E-state index in [1.54, 1.807) is 18.7 Å². The molecule has 0 aliphatic heterocycles. The molecule has 0 unspecified atom stereocenters. The largest absolute Gasteiger partial charge is 0.497 e. The lowest BCUT2D eigenvalue weighted by Gasteiger charge is -2.14. The zero-order valence-corrected chi connectivity index (χ0v) is 14.2. The van der Waals surface area contributed by atoms with Crippen LogP contribution >= 0.6 is 0 Å². The number of methoxy groups -OCH3 is 2. The van der Waals surface area contributed by atoms with Crippen molar-refractivity contribution >= 4 is 5.65 Å². The number of benzene rings is 1. The molecule has 7 nitrogen and oxygen atoms in total. The van der Waals surface area contributed by atoms with Crippen LogP contribution in [0.2, 0.25) is 0 Å². The first kappa shape index (κ1) is 16.2. The van der Waals surface area contributed by atoms with E-state index in [4.69, 9.17) is 15.2 Å². The van der Waals surface area contributed by atoms with Crippen LogP contribution in [0, 0.1) is 5.92 Å². The normalized spacial score (nSPS) is 12.6. The lowest BCUT2D eigenvalue weighted by molar-refractivity contribution is 0.404. The van der Waals surface area contributed by atoms with E-state index in [1.807, 2.05) is 44.2 Å². The zero-order chi connectivity index (χ0) is 17.3. The number of ether oxygens (including phenoxy) is 2. The predicted octanol–water partition coefficient (Wildman–Crippen LogP) is 2.46. The Morgan fingerprint density at radius 1 is 1.04 bits per heavy atom. The van der Waals surface area contributed by atoms with Gasteiger partial charge in [0.1, 0.15) is 11.5 Å². The summed E-state index contributed by atoms with van der Waals surface area (Å²) in [4.78, 5) is 0. The third-order valence-electron chi connectivity index (χ3n) is 3.99. The summed E-state index contributed by atoms with van der Waals surface area (Å²) < 4.78 is 12.4. The second kappa shape index (κ2) is 6.45. The monoisotopic (exact) mass is 327 g/mol. The van der Waals surface area contributed by atoms with Crippen molar-refractivity contribution in [1.29, 1.82) is 0 Å². The summed E-state index contributed by atoms with van der Waals surface area (Å²) in [6, 6.07) is 9.10. The maximum absolute atomic E-state index is 6.23. The Hall–Kier alpha value is -2.67. The molecule has 1 atom stereocenters. The molecule has 3 aromatic rings. The van der Waals surface area contributed by atoms with Crippen molar-refractivity contribution in [1.82, 2.24) is 19.8 Å². The molecular weight excluding hydrogens is 306 g/mol. The smallest absolute Gasteiger partial charge is 0.178 e. The summed E-state index contributed by atoms with van der Waals surface area (Å²) in [7, 11) is 3.25. The van der Waals surface area contributed by atoms with Crippen molar-refractivity contribution < 1.29 is 9.47 Å². The van der Waals surface area contributed by atoms with Crippen LogP contribution < -0.4 is 15.2 Å². The summed E-state index contributed by atoms with van der Waals surface area (Å²) in [6.07, 6.45) is 0. The van der Waals surface area contributed by atoms with E-state index in [9.17, 15) is 0 Å². The van der Waals surface area contributed by atoms with Crippen LogP contribution in [0.3, 0.4) is 0 Å². The molecule has 24 heavy (non-hydrogen) atoms. The van der Waals surface area contributed by atoms with E-state index < -0.39 is 0 Å². The highest BCUT2D eigenvalue weighted by Crippen LogP contribution is 2.32. The van der Waals surface area contributed by atoms with Crippen LogP contribution in [0.25, 0.3) is 16.9 Å². The molecule has 0 spiro atoms. The Morgan fingerprint density at radius 2 is 1.83 bits per heavy atom. The van der Waals surface area contributed by atoms with Crippen LogP contribution in [-0.2, 0) is 0 Å². The minimum atomic E-state index is -0.241. The highest BCUT2D eigenvalue weighted by Gasteiger charge is 2.19. The topological polar surface area (TPSA) is 87.6 Å². The molecule has 1 aromatic carbocycles. The summed E-state index contributed by atoms with van der Waals surface area (Å²) in [5.74, 6) is 2.32. The molecule has 0 radical (unpaired) electrons. The highest BCUT2D eigenvalue weighted by atomic mass is 16.5. The molecule has 0 saturated heterocycles. The summed E-state index contributed by atoms with van der Waals surface area (Å²) in [5.41, 5.74) is 8.45. The summed E-state index contributed by atoms with van der Waals surface area (Å²) in [6.45, 7) is 4.08. The molecule has 7 heteroatoms. The fourth-order valence-electron chi connectivity index (χ4n) is 2.47. The molecule has 0 amide bonds. The Kier molecular flexibility index (Phi) is 4.35. The Morgan fingerprint density at radius 3 is 2.50 bits per heavy atom. The van der Waals surface area contributed by atoms with Crippen LogP contribution in [0.4, 0.5) is 0 Å². The predicted molar refractivity (Wildman–Crippen MR) is 91.1 cm³/mol. The van der Waals surface area contributed by atoms with Crippen LogP contribution in [-0.4, -0.2) is 34.0 Å². The lowest BCUT2D eigenvalue weighted by atomic mass is 10.1. The Bertz CT molecular complexity index is 859. The van der Waals surface area contributed by atoms with Gasteiger partial charge < -0.3 is 15.2 Å². The molecule has 0 aliphatic carbocycles. The van der Waals surface area contributed by atoms with Gasteiger partial charge in [-0.2, -0.15) is 9.61 Å². The number of nitrogens with zero attached hydrogens (tertiary/aromatic N) is 4. The molecular formula is C17H21N5O2. The van der Waals surface area contributed by atoms with Crippen LogP contribution in [0.1, 0.15) is 25.7 Å². The van der Waals surface area contributed by atoms with Gasteiger partial charge in [0.05, 0.1) is 26.0 Å². The minimum Gasteiger partial charge on any atom is -0.497 e. The van der Waals surface area contributed by atoms with E-state index in [0.717, 1.165) is 17.0 Å². The van der Waals surface area contributed by atoms with Gasteiger partial charge in [-0.25, -0.2) is 0 Å². The van der Waals surface area contributed by atoms with Gasteiger partial charge in [-0.05, 0) is 36.2 Å². The fraction of sp³-hybridized carbons (Fsp3) is 0.353. The van der Waals surface area contributed by atoms with Gasteiger partial charge in [0, 0.05) is 5.56 Å². The maximum atomic E-state index is 6.23. The van der Waals surface area contributed by atoms with E-state index in [2.05, 4.69) is 15.3 Å². The van der Waals surface area contributed by atoms with E-state index in [-0.39, 0.29) is 12.0 Å². The summed E-state index contributed by atoms with van der Waals surface area (Å²) >= 11 is 0. The van der Waals surface area contributed by atoms with Gasteiger partial charge in [-0.15, -0.1) is 10.2 Å². The molecule has 2 aromatic heterocycles. The molecule has 2 heterocycles. The quantitative estimate of drug-likeness (QED) is 0.774. The first-order valence-electron chi connectivity index (χ1n) is 7.75. The van der Waals surface area contributed by atoms with Gasteiger partial charge in [0.2, 0.25) is 0 Å². The number of fused-ring (bicyclic) bond motifs is 1. The SMILES string of the molecule is COc1ccc(OC)c(-c2ccc3nnc([C@H](N)C(C)C)n3n2)c1. The van der Waals surface area contributed by atoms with E-state index in [1.165, 1.54) is 0 Å². The number of nitrogens with two attached hydrogens (primary N) is 1. The number of hydrogen-bond donors (Lipinski definition) is 1. The van der Waals surface area contributed by atoms with Crippen LogP contribution in [0.5, 0.6) is 11.5 Å². The highest BCUT2D eigenvalue weighted by molar-refractivity contribution is 5.69. The fourth-order valence-corrected chi connectivity index (χ4v) is 2.47. The maximum Gasteiger partial charge on any atom is 0.178 e. The molecule has 3 rings (SSSR count). The Labute approximate surface area is 140 Å². The molecule has 0 fully saturated rings. The summed E-state index contributed by atoms with van der Waals surface area (Å²) in [5, 5.41) is 13.0. The molecule has 0 saturated carbocycles. The van der Waals surface area contributed by atoms with Crippen molar-refractivity contribution in [3.05, 3.63) is 36.2 Å². The second-order valence-electron chi connectivity index (χ2n) is 5.88. The Balaban J connectivity index is 2.16. The van der Waals surface area contributed by atoms with Gasteiger partial charge in [0.25, 0.3) is 0 Å².